The minimum absolute atomic E-state index is 0.121. The molecular formula is C27H43NO5Si. The summed E-state index contributed by atoms with van der Waals surface area (Å²) in [5.41, 5.74) is 1.38. The molecule has 0 saturated heterocycles. The number of rotatable bonds is 12. The molecule has 0 fully saturated rings. The lowest BCUT2D eigenvalue weighted by molar-refractivity contribution is -0.155. The molecule has 190 valence electrons. The van der Waals surface area contributed by atoms with Gasteiger partial charge in [0, 0.05) is 18.6 Å². The van der Waals surface area contributed by atoms with E-state index in [0.717, 1.165) is 24.1 Å². The fourth-order valence-electron chi connectivity index (χ4n) is 3.18. The topological polar surface area (TPSA) is 70.8 Å². The van der Waals surface area contributed by atoms with E-state index >= 15 is 0 Å². The van der Waals surface area contributed by atoms with Gasteiger partial charge in [0.2, 0.25) is 0 Å². The van der Waals surface area contributed by atoms with E-state index in [1.807, 2.05) is 57.2 Å². The zero-order chi connectivity index (χ0) is 25.4. The Kier molecular flexibility index (Phi) is 10.1. The number of aromatic nitrogens is 1. The van der Waals surface area contributed by atoms with Crippen molar-refractivity contribution in [1.29, 1.82) is 0 Å². The predicted octanol–water partition coefficient (Wildman–Crippen LogP) is 7.01. The molecule has 1 heterocycles. The Morgan fingerprint density at radius 3 is 2.35 bits per heavy atom. The summed E-state index contributed by atoms with van der Waals surface area (Å²) in [6.45, 7) is 18.3. The van der Waals surface area contributed by atoms with E-state index in [1.165, 1.54) is 0 Å². The highest BCUT2D eigenvalue weighted by atomic mass is 28.4. The van der Waals surface area contributed by atoms with Crippen molar-refractivity contribution in [3.63, 3.8) is 0 Å². The Morgan fingerprint density at radius 2 is 1.74 bits per heavy atom. The third kappa shape index (κ3) is 9.72. The second kappa shape index (κ2) is 12.1. The van der Waals surface area contributed by atoms with E-state index in [4.69, 9.17) is 18.4 Å². The van der Waals surface area contributed by atoms with Gasteiger partial charge in [0.15, 0.2) is 8.32 Å². The van der Waals surface area contributed by atoms with Gasteiger partial charge in [-0.05, 0) is 57.3 Å². The van der Waals surface area contributed by atoms with Gasteiger partial charge in [-0.3, -0.25) is 4.79 Å². The van der Waals surface area contributed by atoms with Gasteiger partial charge in [-0.2, -0.15) is 0 Å². The van der Waals surface area contributed by atoms with Crippen LogP contribution < -0.4 is 0 Å². The molecule has 0 saturated carbocycles. The molecule has 0 aliphatic carbocycles. The molecule has 0 radical (unpaired) electrons. The SMILES string of the molecule is CC(C)(C)OC(=O)C[C@H](CCCOCc1ccccc1)c1cc(CO[Si](C)(C)C(C)(C)C)no1. The number of ether oxygens (including phenoxy) is 2. The Bertz CT molecular complexity index is 880. The third-order valence-electron chi connectivity index (χ3n) is 6.15. The second-order valence-corrected chi connectivity index (χ2v) is 16.2. The van der Waals surface area contributed by atoms with Crippen LogP contribution in [-0.4, -0.2) is 31.7 Å². The summed E-state index contributed by atoms with van der Waals surface area (Å²) in [7, 11) is -1.89. The molecular weight excluding hydrogens is 446 g/mol. The van der Waals surface area contributed by atoms with Crippen LogP contribution in [0.25, 0.3) is 0 Å². The Morgan fingerprint density at radius 1 is 1.06 bits per heavy atom. The van der Waals surface area contributed by atoms with Gasteiger partial charge in [-0.25, -0.2) is 0 Å². The van der Waals surface area contributed by atoms with Crippen LogP contribution >= 0.6 is 0 Å². The average Bonchev–Trinajstić information content (AvgIpc) is 3.19. The van der Waals surface area contributed by atoms with E-state index in [9.17, 15) is 4.79 Å². The number of esters is 1. The highest BCUT2D eigenvalue weighted by Crippen LogP contribution is 2.37. The molecule has 0 aliphatic heterocycles. The summed E-state index contributed by atoms with van der Waals surface area (Å²) in [6.07, 6.45) is 1.79. The lowest BCUT2D eigenvalue weighted by Gasteiger charge is -2.35. The van der Waals surface area contributed by atoms with Crippen LogP contribution in [0, 0.1) is 0 Å². The van der Waals surface area contributed by atoms with Crippen molar-refractivity contribution >= 4 is 14.3 Å². The summed E-state index contributed by atoms with van der Waals surface area (Å²) in [5, 5.41) is 4.35. The summed E-state index contributed by atoms with van der Waals surface area (Å²) in [4.78, 5) is 12.6. The molecule has 0 spiro atoms. The summed E-state index contributed by atoms with van der Waals surface area (Å²) < 4.78 is 23.3. The van der Waals surface area contributed by atoms with Crippen molar-refractivity contribution in [1.82, 2.24) is 5.16 Å². The van der Waals surface area contributed by atoms with Crippen LogP contribution in [-0.2, 0) is 31.9 Å². The zero-order valence-corrected chi connectivity index (χ0v) is 23.3. The van der Waals surface area contributed by atoms with Crippen molar-refractivity contribution in [2.45, 2.75) is 104 Å². The summed E-state index contributed by atoms with van der Waals surface area (Å²) >= 11 is 0. The number of hydrogen-bond donors (Lipinski definition) is 0. The van der Waals surface area contributed by atoms with Crippen LogP contribution in [0.4, 0.5) is 0 Å². The maximum Gasteiger partial charge on any atom is 0.307 e. The normalized spacial score (nSPS) is 13.6. The smallest absolute Gasteiger partial charge is 0.307 e. The minimum atomic E-state index is -1.89. The molecule has 2 aromatic rings. The Hall–Kier alpha value is -1.96. The molecule has 6 nitrogen and oxygen atoms in total. The van der Waals surface area contributed by atoms with E-state index < -0.39 is 13.9 Å². The molecule has 1 aromatic carbocycles. The van der Waals surface area contributed by atoms with E-state index in [1.54, 1.807) is 0 Å². The van der Waals surface area contributed by atoms with Crippen LogP contribution in [0.3, 0.4) is 0 Å². The van der Waals surface area contributed by atoms with Crippen molar-refractivity contribution in [3.05, 3.63) is 53.4 Å². The first-order chi connectivity index (χ1) is 15.8. The average molecular weight is 490 g/mol. The van der Waals surface area contributed by atoms with Crippen LogP contribution in [0.1, 0.15) is 83.7 Å². The van der Waals surface area contributed by atoms with Gasteiger partial charge >= 0.3 is 5.97 Å². The lowest BCUT2D eigenvalue weighted by Crippen LogP contribution is -2.40. The standard InChI is InChI=1S/C27H43NO5Si/c1-26(2,3)32-25(29)17-22(15-12-16-30-19-21-13-10-9-11-14-21)24-18-23(28-33-24)20-31-34(7,8)27(4,5)6/h9-11,13-14,18,22H,12,15-17,19-20H2,1-8H3/t22-/m0/s1. The summed E-state index contributed by atoms with van der Waals surface area (Å²) in [6, 6.07) is 12.0. The number of benzene rings is 1. The monoisotopic (exact) mass is 489 g/mol. The van der Waals surface area contributed by atoms with Crippen LogP contribution in [0.15, 0.2) is 40.9 Å². The fraction of sp³-hybridized carbons (Fsp3) is 0.630. The molecule has 2 rings (SSSR count). The Labute approximate surface area is 206 Å². The van der Waals surface area contributed by atoms with Gasteiger partial charge < -0.3 is 18.4 Å². The van der Waals surface area contributed by atoms with Crippen LogP contribution in [0.2, 0.25) is 18.1 Å². The molecule has 0 aliphatic rings. The molecule has 0 amide bonds. The van der Waals surface area contributed by atoms with E-state index in [2.05, 4.69) is 39.0 Å². The molecule has 1 atom stereocenters. The molecule has 34 heavy (non-hydrogen) atoms. The maximum atomic E-state index is 12.6. The first-order valence-electron chi connectivity index (χ1n) is 12.2. The molecule has 0 unspecified atom stereocenters. The third-order valence-corrected chi connectivity index (χ3v) is 10.6. The minimum Gasteiger partial charge on any atom is -0.460 e. The van der Waals surface area contributed by atoms with Gasteiger partial charge in [0.1, 0.15) is 17.1 Å². The highest BCUT2D eigenvalue weighted by Gasteiger charge is 2.37. The van der Waals surface area contributed by atoms with Crippen molar-refractivity contribution < 1.29 is 23.2 Å². The number of carbonyl (C=O) groups is 1. The molecule has 7 heteroatoms. The number of nitrogens with zero attached hydrogens (tertiary/aromatic N) is 1. The zero-order valence-electron chi connectivity index (χ0n) is 22.3. The first kappa shape index (κ1) is 28.3. The van der Waals surface area contributed by atoms with Crippen LogP contribution in [0.5, 0.6) is 0 Å². The summed E-state index contributed by atoms with van der Waals surface area (Å²) in [5.74, 6) is 0.338. The number of hydrogen-bond acceptors (Lipinski definition) is 6. The Balaban J connectivity index is 1.97. The highest BCUT2D eigenvalue weighted by molar-refractivity contribution is 6.74. The molecule has 0 N–H and O–H groups in total. The molecule has 1 aromatic heterocycles. The van der Waals surface area contributed by atoms with Crippen molar-refractivity contribution in [2.75, 3.05) is 6.61 Å². The van der Waals surface area contributed by atoms with Gasteiger partial charge in [-0.15, -0.1) is 0 Å². The van der Waals surface area contributed by atoms with Crippen molar-refractivity contribution in [2.24, 2.45) is 0 Å². The quantitative estimate of drug-likeness (QED) is 0.181. The predicted molar refractivity (Wildman–Crippen MR) is 137 cm³/mol. The first-order valence-corrected chi connectivity index (χ1v) is 15.1. The second-order valence-electron chi connectivity index (χ2n) is 11.4. The largest absolute Gasteiger partial charge is 0.460 e. The van der Waals surface area contributed by atoms with Gasteiger partial charge in [0.05, 0.1) is 19.6 Å². The molecule has 0 bridgehead atoms. The maximum absolute atomic E-state index is 12.6. The number of carbonyl (C=O) groups excluding carboxylic acids is 1. The van der Waals surface area contributed by atoms with E-state index in [0.29, 0.717) is 25.6 Å². The lowest BCUT2D eigenvalue weighted by atomic mass is 9.96. The fourth-order valence-corrected chi connectivity index (χ4v) is 4.13. The van der Waals surface area contributed by atoms with E-state index in [-0.39, 0.29) is 23.3 Å². The van der Waals surface area contributed by atoms with Gasteiger partial charge in [0.25, 0.3) is 0 Å². The van der Waals surface area contributed by atoms with Crippen molar-refractivity contribution in [3.8, 4) is 0 Å². The van der Waals surface area contributed by atoms with Gasteiger partial charge in [-0.1, -0.05) is 56.3 Å².